The zero-order valence-corrected chi connectivity index (χ0v) is 11.7. The summed E-state index contributed by atoms with van der Waals surface area (Å²) in [7, 11) is 0. The molecule has 1 saturated heterocycles. The van der Waals surface area contributed by atoms with Crippen molar-refractivity contribution in [3.05, 3.63) is 0 Å². The molecule has 1 aliphatic carbocycles. The molecule has 4 unspecified atom stereocenters. The molecular formula is C14H20N2O4. The largest absolute Gasteiger partial charge is 0.480 e. The number of amides is 1. The highest BCUT2D eigenvalue weighted by Crippen LogP contribution is 2.58. The number of carbonyl (C=O) groups is 2. The third-order valence-electron chi connectivity index (χ3n) is 4.76. The lowest BCUT2D eigenvalue weighted by molar-refractivity contribution is -0.176. The number of carboxylic acids is 1. The average Bonchev–Trinajstić information content (AvgIpc) is 2.84. The topological polar surface area (TPSA) is 102 Å². The van der Waals surface area contributed by atoms with Crippen LogP contribution in [0.1, 0.15) is 26.7 Å². The lowest BCUT2D eigenvalue weighted by Gasteiger charge is -2.60. The van der Waals surface area contributed by atoms with Crippen LogP contribution in [0.3, 0.4) is 0 Å². The Kier molecular flexibility index (Phi) is 3.53. The molecule has 0 bridgehead atoms. The van der Waals surface area contributed by atoms with Gasteiger partial charge in [-0.1, -0.05) is 13.8 Å². The van der Waals surface area contributed by atoms with Crippen molar-refractivity contribution in [3.63, 3.8) is 0 Å². The van der Waals surface area contributed by atoms with E-state index in [0.29, 0.717) is 13.0 Å². The summed E-state index contributed by atoms with van der Waals surface area (Å²) in [5.74, 6) is 0.559. The molecule has 20 heavy (non-hydrogen) atoms. The Labute approximate surface area is 118 Å². The highest BCUT2D eigenvalue weighted by Gasteiger charge is 2.71. The number of nitrogens with one attached hydrogen (secondary N) is 1. The molecule has 4 N–H and O–H groups in total. The Balaban J connectivity index is 2.16. The van der Waals surface area contributed by atoms with Crippen LogP contribution in [0.25, 0.3) is 0 Å². The summed E-state index contributed by atoms with van der Waals surface area (Å²) in [4.78, 5) is 23.5. The lowest BCUT2D eigenvalue weighted by Crippen LogP contribution is -2.80. The van der Waals surface area contributed by atoms with Crippen molar-refractivity contribution in [2.24, 2.45) is 17.1 Å². The van der Waals surface area contributed by atoms with Crippen LogP contribution in [-0.4, -0.2) is 41.3 Å². The fourth-order valence-electron chi connectivity index (χ4n) is 3.44. The molecule has 6 heteroatoms. The van der Waals surface area contributed by atoms with Crippen molar-refractivity contribution in [1.82, 2.24) is 5.32 Å². The number of ether oxygens (including phenoxy) is 1. The quantitative estimate of drug-likeness (QED) is 0.615. The van der Waals surface area contributed by atoms with Crippen LogP contribution in [0.4, 0.5) is 0 Å². The summed E-state index contributed by atoms with van der Waals surface area (Å²) in [5, 5.41) is 11.5. The molecule has 0 aromatic rings. The predicted molar refractivity (Wildman–Crippen MR) is 71.6 cm³/mol. The lowest BCUT2D eigenvalue weighted by atomic mass is 9.48. The van der Waals surface area contributed by atoms with Crippen molar-refractivity contribution in [2.75, 3.05) is 6.61 Å². The molecular weight excluding hydrogens is 260 g/mol. The maximum atomic E-state index is 12.5. The van der Waals surface area contributed by atoms with E-state index >= 15 is 0 Å². The number of carbonyl (C=O) groups excluding carboxylic acids is 1. The summed E-state index contributed by atoms with van der Waals surface area (Å²) in [6, 6.07) is -1.11. The van der Waals surface area contributed by atoms with Crippen LogP contribution < -0.4 is 11.1 Å². The van der Waals surface area contributed by atoms with Gasteiger partial charge in [0.15, 0.2) is 0 Å². The number of aliphatic carboxylic acids is 1. The summed E-state index contributed by atoms with van der Waals surface area (Å²) in [6.07, 6.45) is 5.72. The van der Waals surface area contributed by atoms with Gasteiger partial charge >= 0.3 is 5.97 Å². The Morgan fingerprint density at radius 1 is 1.60 bits per heavy atom. The first-order chi connectivity index (χ1) is 9.26. The number of carboxylic acid groups (broad SMARTS) is 1. The second kappa shape index (κ2) is 4.76. The summed E-state index contributed by atoms with van der Waals surface area (Å²) in [6.45, 7) is 4.32. The standard InChI is InChI=1S/C14H20N2O4/c1-4-5-9(11(17)18)16-12(19)14(15)8-6-7-20-10(8)13(14,2)3/h1,8-10H,5-7,15H2,2-3H3,(H,16,19)(H,17,18). The van der Waals surface area contributed by atoms with E-state index in [4.69, 9.17) is 22.0 Å². The van der Waals surface area contributed by atoms with Crippen LogP contribution in [0, 0.1) is 23.7 Å². The van der Waals surface area contributed by atoms with Gasteiger partial charge in [-0.2, -0.15) is 0 Å². The number of hydrogen-bond acceptors (Lipinski definition) is 4. The Morgan fingerprint density at radius 3 is 2.80 bits per heavy atom. The third-order valence-corrected chi connectivity index (χ3v) is 4.76. The first kappa shape index (κ1) is 14.8. The number of fused-ring (bicyclic) bond motifs is 1. The van der Waals surface area contributed by atoms with Gasteiger partial charge in [0.05, 0.1) is 6.10 Å². The molecule has 2 aliphatic rings. The van der Waals surface area contributed by atoms with Gasteiger partial charge in [0.25, 0.3) is 0 Å². The minimum absolute atomic E-state index is 0.0471. The van der Waals surface area contributed by atoms with Gasteiger partial charge in [0.1, 0.15) is 11.6 Å². The molecule has 1 amide bonds. The number of nitrogens with two attached hydrogens (primary N) is 1. The van der Waals surface area contributed by atoms with E-state index < -0.39 is 28.9 Å². The van der Waals surface area contributed by atoms with E-state index in [-0.39, 0.29) is 18.4 Å². The third kappa shape index (κ3) is 1.81. The molecule has 0 radical (unpaired) electrons. The first-order valence-corrected chi connectivity index (χ1v) is 6.64. The van der Waals surface area contributed by atoms with Crippen LogP contribution >= 0.6 is 0 Å². The van der Waals surface area contributed by atoms with Gasteiger partial charge in [0, 0.05) is 24.4 Å². The van der Waals surface area contributed by atoms with Gasteiger partial charge < -0.3 is 20.9 Å². The number of rotatable bonds is 4. The Bertz CT molecular complexity index is 482. The molecule has 0 spiro atoms. The zero-order chi connectivity index (χ0) is 15.1. The van der Waals surface area contributed by atoms with Crippen LogP contribution in [-0.2, 0) is 14.3 Å². The summed E-state index contributed by atoms with van der Waals surface area (Å²) in [5.41, 5.74) is 4.67. The van der Waals surface area contributed by atoms with Gasteiger partial charge in [-0.25, -0.2) is 4.79 Å². The molecule has 2 rings (SSSR count). The van der Waals surface area contributed by atoms with Crippen LogP contribution in [0.15, 0.2) is 0 Å². The van der Waals surface area contributed by atoms with Crippen molar-refractivity contribution >= 4 is 11.9 Å². The van der Waals surface area contributed by atoms with Gasteiger partial charge in [-0.3, -0.25) is 4.79 Å². The fourth-order valence-corrected chi connectivity index (χ4v) is 3.44. The van der Waals surface area contributed by atoms with Gasteiger partial charge in [0.2, 0.25) is 5.91 Å². The number of hydrogen-bond donors (Lipinski definition) is 3. The van der Waals surface area contributed by atoms with Crippen LogP contribution in [0.5, 0.6) is 0 Å². The molecule has 1 aliphatic heterocycles. The van der Waals surface area contributed by atoms with E-state index in [0.717, 1.165) is 0 Å². The van der Waals surface area contributed by atoms with Crippen molar-refractivity contribution < 1.29 is 19.4 Å². The zero-order valence-electron chi connectivity index (χ0n) is 11.7. The SMILES string of the molecule is C#CCC(NC(=O)C1(N)C2CCOC2C1(C)C)C(=O)O. The minimum atomic E-state index is -1.16. The van der Waals surface area contributed by atoms with E-state index in [2.05, 4.69) is 11.2 Å². The van der Waals surface area contributed by atoms with Crippen molar-refractivity contribution in [3.8, 4) is 12.3 Å². The molecule has 0 aromatic heterocycles. The van der Waals surface area contributed by atoms with E-state index in [1.54, 1.807) is 0 Å². The highest BCUT2D eigenvalue weighted by molar-refractivity contribution is 5.92. The first-order valence-electron chi connectivity index (χ1n) is 6.64. The Morgan fingerprint density at radius 2 is 2.25 bits per heavy atom. The maximum absolute atomic E-state index is 12.5. The molecule has 1 heterocycles. The predicted octanol–water partition coefficient (Wildman–Crippen LogP) is -0.279. The summed E-state index contributed by atoms with van der Waals surface area (Å²) >= 11 is 0. The molecule has 110 valence electrons. The molecule has 1 saturated carbocycles. The molecule has 2 fully saturated rings. The molecule has 4 atom stereocenters. The highest BCUT2D eigenvalue weighted by atomic mass is 16.5. The van der Waals surface area contributed by atoms with Crippen molar-refractivity contribution in [1.29, 1.82) is 0 Å². The molecule has 0 aromatic carbocycles. The second-order valence-electron chi connectivity index (χ2n) is 6.05. The Hall–Kier alpha value is -1.58. The summed E-state index contributed by atoms with van der Waals surface area (Å²) < 4.78 is 5.60. The maximum Gasteiger partial charge on any atom is 0.327 e. The van der Waals surface area contributed by atoms with E-state index in [1.807, 2.05) is 13.8 Å². The van der Waals surface area contributed by atoms with Crippen LogP contribution in [0.2, 0.25) is 0 Å². The van der Waals surface area contributed by atoms with Gasteiger partial charge in [-0.05, 0) is 6.42 Å². The van der Waals surface area contributed by atoms with Crippen molar-refractivity contribution in [2.45, 2.75) is 44.4 Å². The van der Waals surface area contributed by atoms with E-state index in [9.17, 15) is 9.59 Å². The molecule has 6 nitrogen and oxygen atoms in total. The monoisotopic (exact) mass is 280 g/mol. The minimum Gasteiger partial charge on any atom is -0.480 e. The normalized spacial score (nSPS) is 35.3. The average molecular weight is 280 g/mol. The smallest absolute Gasteiger partial charge is 0.327 e. The van der Waals surface area contributed by atoms with E-state index in [1.165, 1.54) is 0 Å². The second-order valence-corrected chi connectivity index (χ2v) is 6.05. The van der Waals surface area contributed by atoms with Gasteiger partial charge in [-0.15, -0.1) is 12.3 Å². The fraction of sp³-hybridized carbons (Fsp3) is 0.714. The number of terminal acetylenes is 1.